The van der Waals surface area contributed by atoms with Crippen molar-refractivity contribution in [3.8, 4) is 0 Å². The molecule has 2 amide bonds. The maximum absolute atomic E-state index is 12.5. The first-order valence-electron chi connectivity index (χ1n) is 10.2. The van der Waals surface area contributed by atoms with Gasteiger partial charge in [0, 0.05) is 16.6 Å². The molecular weight excluding hydrogens is 490 g/mol. The van der Waals surface area contributed by atoms with Crippen molar-refractivity contribution in [3.05, 3.63) is 68.9 Å². The number of benzene rings is 2. The number of aromatic nitrogens is 3. The van der Waals surface area contributed by atoms with E-state index in [1.165, 1.54) is 11.8 Å². The van der Waals surface area contributed by atoms with E-state index in [1.807, 2.05) is 56.5 Å². The Hall–Kier alpha value is -2.65. The maximum Gasteiger partial charge on any atom is 0.251 e. The number of carbonyl (C=O) groups is 2. The Morgan fingerprint density at radius 2 is 1.75 bits per heavy atom. The van der Waals surface area contributed by atoms with Crippen molar-refractivity contribution in [2.45, 2.75) is 45.9 Å². The highest BCUT2D eigenvalue weighted by Gasteiger charge is 2.15. The first-order chi connectivity index (χ1) is 15.3. The molecule has 0 saturated heterocycles. The fourth-order valence-corrected chi connectivity index (χ4v) is 4.41. The summed E-state index contributed by atoms with van der Waals surface area (Å²) in [5.74, 6) is 0.558. The molecular formula is C23H26BrN5O2S. The van der Waals surface area contributed by atoms with Gasteiger partial charge in [0.15, 0.2) is 11.0 Å². The highest BCUT2D eigenvalue weighted by atomic mass is 79.9. The smallest absolute Gasteiger partial charge is 0.251 e. The third-order valence-electron chi connectivity index (χ3n) is 5.02. The van der Waals surface area contributed by atoms with Gasteiger partial charge >= 0.3 is 0 Å². The number of aryl methyl sites for hydroxylation is 3. The highest BCUT2D eigenvalue weighted by molar-refractivity contribution is 9.10. The molecule has 0 atom stereocenters. The van der Waals surface area contributed by atoms with Crippen LogP contribution in [-0.2, 0) is 17.9 Å². The van der Waals surface area contributed by atoms with Gasteiger partial charge in [-0.3, -0.25) is 9.59 Å². The van der Waals surface area contributed by atoms with Crippen LogP contribution >= 0.6 is 27.7 Å². The van der Waals surface area contributed by atoms with Gasteiger partial charge < -0.3 is 15.2 Å². The number of carbonyl (C=O) groups excluding carboxylic acids is 2. The van der Waals surface area contributed by atoms with E-state index in [4.69, 9.17) is 0 Å². The summed E-state index contributed by atoms with van der Waals surface area (Å²) in [6.07, 6.45) is 0. The molecule has 2 aromatic carbocycles. The number of nitrogens with one attached hydrogen (secondary N) is 2. The normalized spacial score (nSPS) is 10.8. The summed E-state index contributed by atoms with van der Waals surface area (Å²) in [5, 5.41) is 14.9. The van der Waals surface area contributed by atoms with Crippen LogP contribution in [0.1, 0.15) is 39.8 Å². The van der Waals surface area contributed by atoms with Crippen molar-refractivity contribution in [2.24, 2.45) is 0 Å². The molecule has 0 fully saturated rings. The molecule has 0 aliphatic rings. The Labute approximate surface area is 200 Å². The number of halogens is 1. The van der Waals surface area contributed by atoms with Crippen LogP contribution in [0.15, 0.2) is 46.0 Å². The number of thioether (sulfide) groups is 1. The molecule has 0 spiro atoms. The van der Waals surface area contributed by atoms with Gasteiger partial charge in [-0.05, 0) is 79.0 Å². The van der Waals surface area contributed by atoms with Gasteiger partial charge in [-0.25, -0.2) is 0 Å². The SMILES string of the molecule is CCn1c(CNC(=O)c2ccc(C)cc2)nnc1SCC(=O)Nc1cc(C)c(C)cc1Br. The van der Waals surface area contributed by atoms with Gasteiger partial charge in [-0.2, -0.15) is 0 Å². The predicted octanol–water partition coefficient (Wildman–Crippen LogP) is 4.65. The summed E-state index contributed by atoms with van der Waals surface area (Å²) in [4.78, 5) is 24.8. The average molecular weight is 516 g/mol. The molecule has 2 N–H and O–H groups in total. The molecule has 168 valence electrons. The van der Waals surface area contributed by atoms with Crippen LogP contribution in [-0.4, -0.2) is 32.3 Å². The van der Waals surface area contributed by atoms with Crippen LogP contribution in [0.2, 0.25) is 0 Å². The lowest BCUT2D eigenvalue weighted by Crippen LogP contribution is -2.24. The van der Waals surface area contributed by atoms with E-state index in [-0.39, 0.29) is 24.1 Å². The maximum atomic E-state index is 12.5. The van der Waals surface area contributed by atoms with Crippen molar-refractivity contribution < 1.29 is 9.59 Å². The third-order valence-corrected chi connectivity index (χ3v) is 6.64. The van der Waals surface area contributed by atoms with Gasteiger partial charge in [0.05, 0.1) is 18.0 Å². The van der Waals surface area contributed by atoms with Gasteiger partial charge in [-0.15, -0.1) is 10.2 Å². The standard InChI is InChI=1S/C23H26BrN5O2S/c1-5-29-20(12-25-22(31)17-8-6-14(2)7-9-17)27-28-23(29)32-13-21(30)26-19-11-16(4)15(3)10-18(19)24/h6-11H,5,12-13H2,1-4H3,(H,25,31)(H,26,30). The van der Waals surface area contributed by atoms with Crippen molar-refractivity contribution in [2.75, 3.05) is 11.1 Å². The second kappa shape index (κ2) is 10.8. The monoisotopic (exact) mass is 515 g/mol. The minimum atomic E-state index is -0.164. The van der Waals surface area contributed by atoms with Gasteiger partial charge in [-0.1, -0.05) is 29.5 Å². The molecule has 0 saturated carbocycles. The zero-order valence-corrected chi connectivity index (χ0v) is 20.9. The molecule has 3 aromatic rings. The van der Waals surface area contributed by atoms with E-state index in [1.54, 1.807) is 12.1 Å². The predicted molar refractivity (Wildman–Crippen MR) is 131 cm³/mol. The Bertz CT molecular complexity index is 1130. The Kier molecular flexibility index (Phi) is 8.09. The lowest BCUT2D eigenvalue weighted by atomic mass is 10.1. The third kappa shape index (κ3) is 5.98. The van der Waals surface area contributed by atoms with Crippen LogP contribution in [0.25, 0.3) is 0 Å². The quantitative estimate of drug-likeness (QED) is 0.426. The first-order valence-corrected chi connectivity index (χ1v) is 12.0. The molecule has 0 aliphatic carbocycles. The van der Waals surface area contributed by atoms with Crippen LogP contribution in [0.3, 0.4) is 0 Å². The lowest BCUT2D eigenvalue weighted by molar-refractivity contribution is -0.113. The van der Waals surface area contributed by atoms with E-state index >= 15 is 0 Å². The van der Waals surface area contributed by atoms with E-state index < -0.39 is 0 Å². The van der Waals surface area contributed by atoms with Crippen LogP contribution < -0.4 is 10.6 Å². The summed E-state index contributed by atoms with van der Waals surface area (Å²) < 4.78 is 2.75. The largest absolute Gasteiger partial charge is 0.345 e. The number of nitrogens with zero attached hydrogens (tertiary/aromatic N) is 3. The van der Waals surface area contributed by atoms with Crippen molar-refractivity contribution in [1.82, 2.24) is 20.1 Å². The molecule has 9 heteroatoms. The van der Waals surface area contributed by atoms with Crippen LogP contribution in [0, 0.1) is 20.8 Å². The van der Waals surface area contributed by atoms with Gasteiger partial charge in [0.2, 0.25) is 5.91 Å². The molecule has 3 rings (SSSR count). The number of anilines is 1. The minimum Gasteiger partial charge on any atom is -0.345 e. The fourth-order valence-electron chi connectivity index (χ4n) is 3.03. The number of hydrogen-bond acceptors (Lipinski definition) is 5. The van der Waals surface area contributed by atoms with Gasteiger partial charge in [0.1, 0.15) is 0 Å². The minimum absolute atomic E-state index is 0.126. The molecule has 0 unspecified atom stereocenters. The number of rotatable bonds is 8. The summed E-state index contributed by atoms with van der Waals surface area (Å²) in [7, 11) is 0. The molecule has 32 heavy (non-hydrogen) atoms. The molecule has 0 bridgehead atoms. The summed E-state index contributed by atoms with van der Waals surface area (Å²) >= 11 is 4.81. The second-order valence-electron chi connectivity index (χ2n) is 7.44. The Morgan fingerprint density at radius 1 is 1.06 bits per heavy atom. The van der Waals surface area contributed by atoms with Gasteiger partial charge in [0.25, 0.3) is 5.91 Å². The van der Waals surface area contributed by atoms with E-state index in [9.17, 15) is 9.59 Å². The number of hydrogen-bond donors (Lipinski definition) is 2. The van der Waals surface area contributed by atoms with Crippen LogP contribution in [0.4, 0.5) is 5.69 Å². The zero-order chi connectivity index (χ0) is 23.3. The van der Waals surface area contributed by atoms with E-state index in [0.717, 1.165) is 26.9 Å². The Balaban J connectivity index is 1.58. The molecule has 1 heterocycles. The summed E-state index contributed by atoms with van der Waals surface area (Å²) in [6.45, 7) is 8.89. The van der Waals surface area contributed by atoms with Crippen molar-refractivity contribution in [1.29, 1.82) is 0 Å². The first kappa shape index (κ1) is 24.0. The Morgan fingerprint density at radius 3 is 2.44 bits per heavy atom. The number of amides is 2. The highest BCUT2D eigenvalue weighted by Crippen LogP contribution is 2.26. The van der Waals surface area contributed by atoms with E-state index in [0.29, 0.717) is 23.1 Å². The average Bonchev–Trinajstić information content (AvgIpc) is 3.16. The fraction of sp³-hybridized carbons (Fsp3) is 0.304. The summed E-state index contributed by atoms with van der Waals surface area (Å²) in [5.41, 5.74) is 4.71. The topological polar surface area (TPSA) is 88.9 Å². The zero-order valence-electron chi connectivity index (χ0n) is 18.5. The lowest BCUT2D eigenvalue weighted by Gasteiger charge is -2.11. The molecule has 7 nitrogen and oxygen atoms in total. The molecule has 0 radical (unpaired) electrons. The molecule has 1 aromatic heterocycles. The van der Waals surface area contributed by atoms with Crippen molar-refractivity contribution in [3.63, 3.8) is 0 Å². The van der Waals surface area contributed by atoms with Crippen molar-refractivity contribution >= 4 is 45.2 Å². The second-order valence-corrected chi connectivity index (χ2v) is 9.24. The van der Waals surface area contributed by atoms with Crippen LogP contribution in [0.5, 0.6) is 0 Å². The summed E-state index contributed by atoms with van der Waals surface area (Å²) in [6, 6.07) is 11.3. The molecule has 0 aliphatic heterocycles. The van der Waals surface area contributed by atoms with E-state index in [2.05, 4.69) is 36.8 Å².